The van der Waals surface area contributed by atoms with Gasteiger partial charge in [0.15, 0.2) is 0 Å². The largest absolute Gasteiger partial charge is 0.462 e. The van der Waals surface area contributed by atoms with Gasteiger partial charge in [-0.1, -0.05) is 13.8 Å². The first kappa shape index (κ1) is 28.2. The second kappa shape index (κ2) is 10.4. The second-order valence-electron chi connectivity index (χ2n) is 14.0. The zero-order valence-electron chi connectivity index (χ0n) is 24.3. The minimum atomic E-state index is -0.982. The van der Waals surface area contributed by atoms with Gasteiger partial charge in [-0.25, -0.2) is 4.79 Å². The number of hydrogen-bond donors (Lipinski definition) is 2. The zero-order valence-corrected chi connectivity index (χ0v) is 24.3. The molecule has 0 radical (unpaired) electrons. The van der Waals surface area contributed by atoms with Crippen molar-refractivity contribution in [1.82, 2.24) is 10.2 Å². The standard InChI is InChI=1S/C31H46N2O7/c1-19(34)40-25-16-31(37)24-5-4-21-15-22(32-26(35)17-33-10-12-38-13-11-33)6-8-29(21,2)23(24)7-9-30(31,3)28(25)20-14-27(36)39-18-20/h14,21-25,28,37H,4-13,15-18H2,1-3H3,(H,32,35)/t21-,22+,23+,24-,25+,28+,29+,30-,31+/m1/s1. The van der Waals surface area contributed by atoms with Crippen molar-refractivity contribution in [3.63, 3.8) is 0 Å². The van der Waals surface area contributed by atoms with E-state index in [1.54, 1.807) is 6.08 Å². The fraction of sp³-hybridized carbons (Fsp3) is 0.839. The van der Waals surface area contributed by atoms with Crippen molar-refractivity contribution < 1.29 is 33.7 Å². The first-order valence-electron chi connectivity index (χ1n) is 15.4. The summed E-state index contributed by atoms with van der Waals surface area (Å²) in [4.78, 5) is 39.1. The summed E-state index contributed by atoms with van der Waals surface area (Å²) < 4.78 is 16.5. The lowest BCUT2D eigenvalue weighted by atomic mass is 9.43. The van der Waals surface area contributed by atoms with E-state index in [0.29, 0.717) is 38.0 Å². The van der Waals surface area contributed by atoms with E-state index in [9.17, 15) is 19.5 Å². The normalized spacial score (nSPS) is 45.0. The van der Waals surface area contributed by atoms with Crippen molar-refractivity contribution in [1.29, 1.82) is 0 Å². The number of aliphatic hydroxyl groups is 1. The van der Waals surface area contributed by atoms with Crippen molar-refractivity contribution in [2.24, 2.45) is 34.5 Å². The Morgan fingerprint density at radius 2 is 1.90 bits per heavy atom. The van der Waals surface area contributed by atoms with E-state index in [2.05, 4.69) is 24.1 Å². The molecular weight excluding hydrogens is 512 g/mol. The molecule has 1 amide bonds. The smallest absolute Gasteiger partial charge is 0.331 e. The van der Waals surface area contributed by atoms with Crippen LogP contribution in [0.5, 0.6) is 0 Å². The van der Waals surface area contributed by atoms with Gasteiger partial charge in [-0.05, 0) is 73.7 Å². The van der Waals surface area contributed by atoms with E-state index in [4.69, 9.17) is 14.2 Å². The molecule has 9 atom stereocenters. The summed E-state index contributed by atoms with van der Waals surface area (Å²) in [5.41, 5.74) is -0.528. The van der Waals surface area contributed by atoms with Crippen LogP contribution in [0.2, 0.25) is 0 Å². The van der Waals surface area contributed by atoms with E-state index in [1.807, 2.05) is 0 Å². The zero-order chi connectivity index (χ0) is 28.3. The van der Waals surface area contributed by atoms with Crippen LogP contribution in [0, 0.1) is 34.5 Å². The van der Waals surface area contributed by atoms with Crippen molar-refractivity contribution in [2.75, 3.05) is 39.5 Å². The van der Waals surface area contributed by atoms with Gasteiger partial charge >= 0.3 is 11.9 Å². The average Bonchev–Trinajstić information content (AvgIpc) is 3.41. The van der Waals surface area contributed by atoms with Crippen LogP contribution >= 0.6 is 0 Å². The fourth-order valence-corrected chi connectivity index (χ4v) is 10.1. The highest BCUT2D eigenvalue weighted by molar-refractivity contribution is 5.85. The number of nitrogens with zero attached hydrogens (tertiary/aromatic N) is 1. The third-order valence-corrected chi connectivity index (χ3v) is 12.1. The molecule has 2 N–H and O–H groups in total. The van der Waals surface area contributed by atoms with Crippen LogP contribution in [-0.2, 0) is 28.6 Å². The Labute approximate surface area is 237 Å². The van der Waals surface area contributed by atoms with Gasteiger partial charge < -0.3 is 24.6 Å². The molecule has 9 heteroatoms. The molecule has 1 saturated heterocycles. The van der Waals surface area contributed by atoms with Crippen LogP contribution in [0.1, 0.15) is 72.1 Å². The number of carbonyl (C=O) groups excluding carboxylic acids is 3. The van der Waals surface area contributed by atoms with Crippen molar-refractivity contribution in [3.8, 4) is 0 Å². The molecule has 40 heavy (non-hydrogen) atoms. The lowest BCUT2D eigenvalue weighted by Crippen LogP contribution is -2.62. The number of morpholine rings is 1. The van der Waals surface area contributed by atoms with Crippen LogP contribution < -0.4 is 5.32 Å². The van der Waals surface area contributed by atoms with Gasteiger partial charge in [-0.3, -0.25) is 14.5 Å². The molecule has 4 saturated carbocycles. The van der Waals surface area contributed by atoms with Crippen LogP contribution in [0.3, 0.4) is 0 Å². The lowest BCUT2D eigenvalue weighted by molar-refractivity contribution is -0.205. The van der Waals surface area contributed by atoms with Gasteiger partial charge in [0.1, 0.15) is 12.7 Å². The third kappa shape index (κ3) is 4.60. The number of hydrogen-bond acceptors (Lipinski definition) is 8. The molecule has 6 rings (SSSR count). The molecule has 9 nitrogen and oxygen atoms in total. The van der Waals surface area contributed by atoms with E-state index in [-0.39, 0.29) is 47.7 Å². The molecule has 0 bridgehead atoms. The summed E-state index contributed by atoms with van der Waals surface area (Å²) >= 11 is 0. The summed E-state index contributed by atoms with van der Waals surface area (Å²) in [6, 6.07) is 0.205. The summed E-state index contributed by atoms with van der Waals surface area (Å²) in [5.74, 6) is 0.178. The van der Waals surface area contributed by atoms with Gasteiger partial charge in [0.25, 0.3) is 0 Å². The number of ether oxygens (including phenoxy) is 3. The molecule has 6 aliphatic rings. The minimum Gasteiger partial charge on any atom is -0.462 e. The highest BCUT2D eigenvalue weighted by Crippen LogP contribution is 2.70. The minimum absolute atomic E-state index is 0.103. The molecule has 0 spiro atoms. The summed E-state index contributed by atoms with van der Waals surface area (Å²) in [5, 5.41) is 16.0. The molecule has 2 heterocycles. The first-order valence-corrected chi connectivity index (χ1v) is 15.4. The van der Waals surface area contributed by atoms with E-state index < -0.39 is 17.1 Å². The van der Waals surface area contributed by atoms with Gasteiger partial charge in [0.2, 0.25) is 5.91 Å². The predicted molar refractivity (Wildman–Crippen MR) is 146 cm³/mol. The van der Waals surface area contributed by atoms with Crippen LogP contribution in [0.15, 0.2) is 11.6 Å². The summed E-state index contributed by atoms with van der Waals surface area (Å²) in [6.07, 6.45) is 8.28. The van der Waals surface area contributed by atoms with Crippen molar-refractivity contribution >= 4 is 17.8 Å². The number of nitrogens with one attached hydrogen (secondary N) is 1. The Morgan fingerprint density at radius 3 is 2.60 bits per heavy atom. The predicted octanol–water partition coefficient (Wildman–Crippen LogP) is 2.60. The van der Waals surface area contributed by atoms with E-state index >= 15 is 0 Å². The maximum absolute atomic E-state index is 12.8. The summed E-state index contributed by atoms with van der Waals surface area (Å²) in [6.45, 7) is 9.64. The SMILES string of the molecule is CC(=O)O[C@H]1C[C@]2(O)[C@@H]3CC[C@@H]4C[C@@H](NC(=O)CN5CCOCC5)CC[C@]4(C)[C@H]3CC[C@]2(C)[C@H]1C1=CC(=O)OC1. The number of esters is 2. The Balaban J connectivity index is 1.18. The number of fused-ring (bicyclic) bond motifs is 5. The maximum Gasteiger partial charge on any atom is 0.331 e. The van der Waals surface area contributed by atoms with Crippen LogP contribution in [-0.4, -0.2) is 85.1 Å². The third-order valence-electron chi connectivity index (χ3n) is 12.1. The fourth-order valence-electron chi connectivity index (χ4n) is 10.1. The van der Waals surface area contributed by atoms with Crippen molar-refractivity contribution in [3.05, 3.63) is 11.6 Å². The number of carbonyl (C=O) groups is 3. The number of rotatable bonds is 5. The Kier molecular flexibility index (Phi) is 7.31. The molecule has 0 aromatic carbocycles. The quantitative estimate of drug-likeness (QED) is 0.495. The number of cyclic esters (lactones) is 1. The first-order chi connectivity index (χ1) is 19.0. The van der Waals surface area contributed by atoms with Crippen LogP contribution in [0.4, 0.5) is 0 Å². The Hall–Kier alpha value is -1.97. The second-order valence-corrected chi connectivity index (χ2v) is 14.0. The maximum atomic E-state index is 12.8. The van der Waals surface area contributed by atoms with Gasteiger partial charge in [0.05, 0.1) is 25.4 Å². The summed E-state index contributed by atoms with van der Waals surface area (Å²) in [7, 11) is 0. The highest BCUT2D eigenvalue weighted by Gasteiger charge is 2.71. The molecule has 4 aliphatic carbocycles. The average molecular weight is 559 g/mol. The Morgan fingerprint density at radius 1 is 1.12 bits per heavy atom. The van der Waals surface area contributed by atoms with E-state index in [0.717, 1.165) is 63.6 Å². The Bertz CT molecular complexity index is 1070. The molecule has 5 fully saturated rings. The molecular formula is C31H46N2O7. The molecule has 222 valence electrons. The lowest BCUT2D eigenvalue weighted by Gasteiger charge is -2.63. The van der Waals surface area contributed by atoms with Gasteiger partial charge in [-0.2, -0.15) is 0 Å². The van der Waals surface area contributed by atoms with Crippen molar-refractivity contribution in [2.45, 2.75) is 89.9 Å². The van der Waals surface area contributed by atoms with Crippen LogP contribution in [0.25, 0.3) is 0 Å². The molecule has 0 aromatic rings. The topological polar surface area (TPSA) is 114 Å². The van der Waals surface area contributed by atoms with E-state index in [1.165, 1.54) is 6.92 Å². The molecule has 0 unspecified atom stereocenters. The molecule has 2 aliphatic heterocycles. The monoisotopic (exact) mass is 558 g/mol. The number of amides is 1. The van der Waals surface area contributed by atoms with Gasteiger partial charge in [0, 0.05) is 49.9 Å². The van der Waals surface area contributed by atoms with Gasteiger partial charge in [-0.15, -0.1) is 0 Å². The molecule has 0 aromatic heterocycles. The highest BCUT2D eigenvalue weighted by atomic mass is 16.5.